The number of aromatic carboxylic acids is 1. The average Bonchev–Trinajstić information content (AvgIpc) is 3.79. The van der Waals surface area contributed by atoms with E-state index in [4.69, 9.17) is 15.2 Å². The van der Waals surface area contributed by atoms with E-state index in [1.807, 2.05) is 60.8 Å². The third-order valence-electron chi connectivity index (χ3n) is 11.1. The molecule has 0 aliphatic carbocycles. The first-order valence-electron chi connectivity index (χ1n) is 21.5. The number of hydrogen-bond acceptors (Lipinski definition) is 11. The van der Waals surface area contributed by atoms with E-state index in [-0.39, 0.29) is 43.4 Å². The van der Waals surface area contributed by atoms with Crippen molar-refractivity contribution in [3.8, 4) is 0 Å². The Hall–Kier alpha value is -7.18. The zero-order valence-corrected chi connectivity index (χ0v) is 36.0. The number of carbonyl (C=O) groups is 4. The monoisotopic (exact) mass is 882 g/mol. The van der Waals surface area contributed by atoms with Gasteiger partial charge in [-0.3, -0.25) is 4.79 Å². The molecule has 0 bridgehead atoms. The lowest BCUT2D eigenvalue weighted by Crippen LogP contribution is -2.49. The molecule has 3 aromatic carbocycles. The van der Waals surface area contributed by atoms with Gasteiger partial charge >= 0.3 is 24.2 Å². The Morgan fingerprint density at radius 1 is 0.906 bits per heavy atom. The lowest BCUT2D eigenvalue weighted by atomic mass is 10.1. The van der Waals surface area contributed by atoms with Crippen molar-refractivity contribution in [2.24, 2.45) is 5.73 Å². The molecule has 0 spiro atoms. The Kier molecular flexibility index (Phi) is 16.1. The Labute approximate surface area is 369 Å². The number of carbonyl (C=O) groups excluding carboxylic acids is 3. The van der Waals surface area contributed by atoms with Crippen molar-refractivity contribution < 1.29 is 38.1 Å². The molecular formula is C45H55FN10O8. The van der Waals surface area contributed by atoms with E-state index < -0.39 is 47.0 Å². The molecule has 1 saturated heterocycles. The SMILES string of the molecule is CCCC[C@H](NC(=O)OCc1ccccc1)c1cn([C@H](CCCNC(N)=O)CNc2ccc(COC(=O)N3CCN(c4cc5c(cc4F)c(=O)c(C(=O)O)cn5CC)CC3)cc2)nn1. The van der Waals surface area contributed by atoms with Gasteiger partial charge in [0, 0.05) is 63.1 Å². The second-order valence-corrected chi connectivity index (χ2v) is 15.5. The van der Waals surface area contributed by atoms with Crippen LogP contribution in [0.5, 0.6) is 0 Å². The number of urea groups is 1. The first-order valence-corrected chi connectivity index (χ1v) is 21.5. The summed E-state index contributed by atoms with van der Waals surface area (Å²) in [5.41, 5.74) is 7.88. The third kappa shape index (κ3) is 12.3. The van der Waals surface area contributed by atoms with Crippen LogP contribution in [0.25, 0.3) is 10.9 Å². The molecule has 18 nitrogen and oxygen atoms in total. The molecule has 1 fully saturated rings. The van der Waals surface area contributed by atoms with Crippen molar-refractivity contribution in [1.29, 1.82) is 0 Å². The number of nitrogens with one attached hydrogen (secondary N) is 3. The van der Waals surface area contributed by atoms with Gasteiger partial charge in [-0.05, 0) is 61.6 Å². The summed E-state index contributed by atoms with van der Waals surface area (Å²) in [6, 6.07) is 18.4. The number of rotatable bonds is 20. The van der Waals surface area contributed by atoms with E-state index in [9.17, 15) is 29.1 Å². The number of piperazine rings is 1. The van der Waals surface area contributed by atoms with Gasteiger partial charge in [0.05, 0.1) is 29.5 Å². The molecule has 4 amide bonds. The average molecular weight is 883 g/mol. The number of hydrogen-bond donors (Lipinski definition) is 5. The van der Waals surface area contributed by atoms with Gasteiger partial charge in [-0.25, -0.2) is 28.3 Å². The van der Waals surface area contributed by atoms with Gasteiger partial charge < -0.3 is 50.6 Å². The molecule has 64 heavy (non-hydrogen) atoms. The second kappa shape index (κ2) is 22.3. The lowest BCUT2D eigenvalue weighted by Gasteiger charge is -2.35. The third-order valence-corrected chi connectivity index (χ3v) is 11.1. The van der Waals surface area contributed by atoms with Gasteiger partial charge in [0.1, 0.15) is 30.3 Å². The Morgan fingerprint density at radius 2 is 1.62 bits per heavy atom. The van der Waals surface area contributed by atoms with Gasteiger partial charge in [0.15, 0.2) is 0 Å². The second-order valence-electron chi connectivity index (χ2n) is 15.5. The number of unbranched alkanes of at least 4 members (excludes halogenated alkanes) is 1. The first-order chi connectivity index (χ1) is 30.9. The fourth-order valence-electron chi connectivity index (χ4n) is 7.49. The lowest BCUT2D eigenvalue weighted by molar-refractivity contribution is 0.0694. The number of carboxylic acids is 1. The summed E-state index contributed by atoms with van der Waals surface area (Å²) in [6.07, 6.45) is 5.73. The molecular weight excluding hydrogens is 828 g/mol. The highest BCUT2D eigenvalue weighted by atomic mass is 19.1. The number of benzene rings is 3. The van der Waals surface area contributed by atoms with Crippen LogP contribution >= 0.6 is 0 Å². The Morgan fingerprint density at radius 3 is 2.31 bits per heavy atom. The van der Waals surface area contributed by atoms with Crippen LogP contribution in [0.2, 0.25) is 0 Å². The van der Waals surface area contributed by atoms with Crippen LogP contribution in [-0.2, 0) is 29.2 Å². The largest absolute Gasteiger partial charge is 0.477 e. The minimum atomic E-state index is -1.37. The number of fused-ring (bicyclic) bond motifs is 1. The molecule has 2 atom stereocenters. The highest BCUT2D eigenvalue weighted by Crippen LogP contribution is 2.27. The van der Waals surface area contributed by atoms with Crippen molar-refractivity contribution >= 4 is 46.5 Å². The van der Waals surface area contributed by atoms with Gasteiger partial charge in [-0.1, -0.05) is 67.4 Å². The standard InChI is InChI=1S/C45H55FN10O8/c1-3-5-13-37(50-44(61)63-28-30-10-7-6-8-11-30)38-27-56(52-51-38)33(12-9-18-48-43(47)60)25-49-32-16-14-31(15-17-32)29-64-45(62)55-21-19-54(20-22-55)40-24-39-34(23-36(40)46)41(57)35(42(58)59)26-53(39)4-2/h6-8,10-11,14-17,23-24,26-27,33,37,49H,3-5,9,12-13,18-22,25,28-29H2,1-2H3,(H,50,61)(H,58,59)(H3,47,48,60)/t33-,37+/m1/s1. The zero-order chi connectivity index (χ0) is 45.6. The predicted molar refractivity (Wildman–Crippen MR) is 238 cm³/mol. The molecule has 1 aliphatic rings. The van der Waals surface area contributed by atoms with Gasteiger partial charge in [0.25, 0.3) is 0 Å². The fraction of sp³-hybridized carbons (Fsp3) is 0.400. The van der Waals surface area contributed by atoms with E-state index in [0.29, 0.717) is 63.2 Å². The number of nitrogens with two attached hydrogens (primary N) is 1. The molecule has 2 aromatic heterocycles. The number of pyridine rings is 1. The minimum Gasteiger partial charge on any atom is -0.477 e. The molecule has 3 heterocycles. The Balaban J connectivity index is 1.02. The van der Waals surface area contributed by atoms with Crippen LogP contribution in [0.4, 0.5) is 30.1 Å². The number of carboxylic acid groups (broad SMARTS) is 1. The smallest absolute Gasteiger partial charge is 0.410 e. The maximum absolute atomic E-state index is 15.4. The molecule has 6 rings (SSSR count). The zero-order valence-electron chi connectivity index (χ0n) is 36.0. The quantitative estimate of drug-likeness (QED) is 0.0553. The molecule has 340 valence electrons. The highest BCUT2D eigenvalue weighted by molar-refractivity contribution is 5.93. The van der Waals surface area contributed by atoms with Crippen LogP contribution in [-0.4, -0.2) is 93.0 Å². The predicted octanol–water partition coefficient (Wildman–Crippen LogP) is 6.17. The van der Waals surface area contributed by atoms with Gasteiger partial charge in [-0.2, -0.15) is 0 Å². The first kappa shape index (κ1) is 46.3. The molecule has 5 aromatic rings. The summed E-state index contributed by atoms with van der Waals surface area (Å²) in [6.45, 7) is 6.48. The van der Waals surface area contributed by atoms with Crippen molar-refractivity contribution in [1.82, 2.24) is 35.1 Å². The number of anilines is 2. The molecule has 1 aliphatic heterocycles. The van der Waals surface area contributed by atoms with E-state index in [1.54, 1.807) is 32.0 Å². The number of primary amides is 1. The number of ether oxygens (including phenoxy) is 2. The maximum atomic E-state index is 15.4. The number of aryl methyl sites for hydroxylation is 1. The Bertz CT molecular complexity index is 2440. The van der Waals surface area contributed by atoms with Crippen molar-refractivity contribution in [3.05, 3.63) is 118 Å². The summed E-state index contributed by atoms with van der Waals surface area (Å²) in [4.78, 5) is 64.9. The van der Waals surface area contributed by atoms with Crippen LogP contribution in [0.1, 0.15) is 85.2 Å². The van der Waals surface area contributed by atoms with Crippen LogP contribution in [0, 0.1) is 5.82 Å². The molecule has 0 saturated carbocycles. The highest BCUT2D eigenvalue weighted by Gasteiger charge is 2.26. The van der Waals surface area contributed by atoms with Gasteiger partial charge in [0.2, 0.25) is 5.43 Å². The summed E-state index contributed by atoms with van der Waals surface area (Å²) in [5.74, 6) is -2.02. The van der Waals surface area contributed by atoms with Crippen molar-refractivity contribution in [2.75, 3.05) is 49.5 Å². The molecule has 0 radical (unpaired) electrons. The van der Waals surface area contributed by atoms with Crippen LogP contribution < -0.4 is 32.0 Å². The van der Waals surface area contributed by atoms with Crippen LogP contribution in [0.3, 0.4) is 0 Å². The van der Waals surface area contributed by atoms with Crippen molar-refractivity contribution in [3.63, 3.8) is 0 Å². The minimum absolute atomic E-state index is 0.00698. The number of amides is 4. The van der Waals surface area contributed by atoms with E-state index >= 15 is 4.39 Å². The molecule has 6 N–H and O–H groups in total. The molecule has 19 heteroatoms. The normalized spacial score (nSPS) is 13.5. The number of halogens is 1. The summed E-state index contributed by atoms with van der Waals surface area (Å²) < 4.78 is 29.9. The molecule has 0 unspecified atom stereocenters. The van der Waals surface area contributed by atoms with E-state index in [0.717, 1.165) is 35.7 Å². The summed E-state index contributed by atoms with van der Waals surface area (Å²) in [5, 5.41) is 27.3. The summed E-state index contributed by atoms with van der Waals surface area (Å²) >= 11 is 0. The number of nitrogens with zero attached hydrogens (tertiary/aromatic N) is 6. The fourth-order valence-corrected chi connectivity index (χ4v) is 7.49. The van der Waals surface area contributed by atoms with E-state index in [1.165, 1.54) is 6.20 Å². The van der Waals surface area contributed by atoms with Crippen molar-refractivity contribution in [2.45, 2.75) is 77.8 Å². The number of aromatic nitrogens is 4. The van der Waals surface area contributed by atoms with Gasteiger partial charge in [-0.15, -0.1) is 5.10 Å². The van der Waals surface area contributed by atoms with Crippen LogP contribution in [0.15, 0.2) is 83.9 Å². The van der Waals surface area contributed by atoms with E-state index in [2.05, 4.69) is 33.2 Å². The number of alkyl carbamates (subject to hydrolysis) is 1. The summed E-state index contributed by atoms with van der Waals surface area (Å²) in [7, 11) is 0. The maximum Gasteiger partial charge on any atom is 0.410 e. The topological polar surface area (TPSA) is 228 Å².